The number of anilines is 2. The van der Waals surface area contributed by atoms with Crippen LogP contribution in [0.4, 0.5) is 16.2 Å². The van der Waals surface area contributed by atoms with Crippen LogP contribution in [0.5, 0.6) is 0 Å². The highest BCUT2D eigenvalue weighted by Gasteiger charge is 2.71. The first-order valence-corrected chi connectivity index (χ1v) is 13.3. The molecule has 2 fully saturated rings. The molecule has 0 spiro atoms. The van der Waals surface area contributed by atoms with Crippen molar-refractivity contribution in [3.63, 3.8) is 0 Å². The standard InChI is InChI=1S/C12H18FN6O10P3/c1-12(13)5(19-3-16-7-9(14)17-11(15)18-10(7)19)2-4-6(12)8(4)27-31(23,24)29-32(25,26)28-30(20,21)22/h3-6,8H,2H2,1H3,(H,23,24)(H,25,26)(H2,20,21,22)(H4,14,15,17,18)/t4-,5+,6?,8?,12-/m0/s1. The molecule has 0 saturated heterocycles. The van der Waals surface area contributed by atoms with Crippen molar-refractivity contribution < 1.29 is 50.8 Å². The summed E-state index contributed by atoms with van der Waals surface area (Å²) in [6, 6.07) is -0.822. The zero-order valence-electron chi connectivity index (χ0n) is 16.0. The molecule has 2 aliphatic carbocycles. The van der Waals surface area contributed by atoms with Gasteiger partial charge in [-0.15, -0.1) is 0 Å². The number of rotatable bonds is 7. The molecule has 0 aliphatic heterocycles. The van der Waals surface area contributed by atoms with Gasteiger partial charge in [0, 0.05) is 5.92 Å². The fourth-order valence-electron chi connectivity index (χ4n) is 4.24. The van der Waals surface area contributed by atoms with Crippen LogP contribution in [0, 0.1) is 11.8 Å². The van der Waals surface area contributed by atoms with Crippen molar-refractivity contribution in [3.05, 3.63) is 6.33 Å². The van der Waals surface area contributed by atoms with Crippen molar-refractivity contribution in [1.82, 2.24) is 19.5 Å². The molecule has 178 valence electrons. The Morgan fingerprint density at radius 1 is 1.16 bits per heavy atom. The monoisotopic (exact) mass is 518 g/mol. The van der Waals surface area contributed by atoms with Crippen LogP contribution in [-0.4, -0.2) is 50.9 Å². The Balaban J connectivity index is 1.50. The Hall–Kier alpha value is -1.51. The van der Waals surface area contributed by atoms with Gasteiger partial charge in [0.25, 0.3) is 0 Å². The number of fused-ring (bicyclic) bond motifs is 2. The average molecular weight is 518 g/mol. The van der Waals surface area contributed by atoms with Crippen LogP contribution in [0.25, 0.3) is 11.2 Å². The fourth-order valence-corrected chi connectivity index (χ4v) is 7.49. The summed E-state index contributed by atoms with van der Waals surface area (Å²) in [5.41, 5.74) is 9.77. The van der Waals surface area contributed by atoms with E-state index in [0.717, 1.165) is 0 Å². The predicted octanol–water partition coefficient (Wildman–Crippen LogP) is 0.622. The third-order valence-electron chi connectivity index (χ3n) is 5.37. The van der Waals surface area contributed by atoms with E-state index in [1.54, 1.807) is 0 Å². The van der Waals surface area contributed by atoms with E-state index in [9.17, 15) is 23.5 Å². The smallest absolute Gasteiger partial charge is 0.382 e. The van der Waals surface area contributed by atoms with Gasteiger partial charge in [-0.3, -0.25) is 4.52 Å². The number of nitrogens with two attached hydrogens (primary N) is 2. The first-order valence-electron chi connectivity index (χ1n) is 8.77. The molecule has 2 aromatic heterocycles. The molecule has 2 aromatic rings. The molecule has 4 rings (SSSR count). The molecule has 0 amide bonds. The van der Waals surface area contributed by atoms with Crippen molar-refractivity contribution in [2.45, 2.75) is 31.2 Å². The van der Waals surface area contributed by atoms with Gasteiger partial charge in [0.05, 0.1) is 18.5 Å². The summed E-state index contributed by atoms with van der Waals surface area (Å²) in [6.45, 7) is 1.24. The number of hydrogen-bond acceptors (Lipinski definition) is 11. The Kier molecular flexibility index (Phi) is 5.35. The third-order valence-corrected chi connectivity index (χ3v) is 9.20. The molecule has 0 aromatic carbocycles. The summed E-state index contributed by atoms with van der Waals surface area (Å²) in [6.07, 6.45) is 0.249. The highest BCUT2D eigenvalue weighted by molar-refractivity contribution is 7.66. The minimum atomic E-state index is -5.66. The van der Waals surface area contributed by atoms with E-state index >= 15 is 4.39 Å². The van der Waals surface area contributed by atoms with Gasteiger partial charge in [-0.25, -0.2) is 23.1 Å². The van der Waals surface area contributed by atoms with Crippen LogP contribution in [0.1, 0.15) is 19.4 Å². The molecule has 32 heavy (non-hydrogen) atoms. The highest BCUT2D eigenvalue weighted by Crippen LogP contribution is 2.72. The zero-order valence-corrected chi connectivity index (χ0v) is 18.7. The first-order chi connectivity index (χ1) is 14.5. The van der Waals surface area contributed by atoms with Crippen LogP contribution >= 0.6 is 23.5 Å². The molecule has 0 bridgehead atoms. The van der Waals surface area contributed by atoms with Gasteiger partial charge in [-0.2, -0.15) is 18.6 Å². The molecule has 2 heterocycles. The largest absolute Gasteiger partial charge is 0.490 e. The number of hydrogen-bond donors (Lipinski definition) is 6. The van der Waals surface area contributed by atoms with Crippen LogP contribution in [0.15, 0.2) is 6.33 Å². The zero-order chi connectivity index (χ0) is 23.9. The number of halogens is 1. The third kappa shape index (κ3) is 4.33. The molecule has 2 aliphatic rings. The van der Waals surface area contributed by atoms with E-state index < -0.39 is 53.1 Å². The van der Waals surface area contributed by atoms with Gasteiger partial charge in [0.1, 0.15) is 11.2 Å². The fraction of sp³-hybridized carbons (Fsp3) is 0.583. The number of alkyl halides is 1. The molecule has 7 atom stereocenters. The van der Waals surface area contributed by atoms with Gasteiger partial charge in [-0.1, -0.05) is 0 Å². The van der Waals surface area contributed by atoms with Crippen LogP contribution in [-0.2, 0) is 26.8 Å². The molecule has 8 N–H and O–H groups in total. The van der Waals surface area contributed by atoms with Gasteiger partial charge in [0.15, 0.2) is 11.5 Å². The van der Waals surface area contributed by atoms with E-state index in [0.29, 0.717) is 0 Å². The van der Waals surface area contributed by atoms with Crippen molar-refractivity contribution in [1.29, 1.82) is 0 Å². The minimum Gasteiger partial charge on any atom is -0.382 e. The van der Waals surface area contributed by atoms with E-state index in [-0.39, 0.29) is 29.4 Å². The number of phosphoric acid groups is 3. The average Bonchev–Trinajstić information content (AvgIpc) is 2.92. The molecule has 4 unspecified atom stereocenters. The number of nitrogen functional groups attached to an aromatic ring is 2. The predicted molar refractivity (Wildman–Crippen MR) is 103 cm³/mol. The molecule has 2 saturated carbocycles. The Bertz CT molecular complexity index is 1230. The van der Waals surface area contributed by atoms with Gasteiger partial charge in [0.2, 0.25) is 5.95 Å². The van der Waals surface area contributed by atoms with Crippen LogP contribution in [0.3, 0.4) is 0 Å². The van der Waals surface area contributed by atoms with Crippen LogP contribution in [0.2, 0.25) is 0 Å². The van der Waals surface area contributed by atoms with Crippen molar-refractivity contribution in [2.24, 2.45) is 11.8 Å². The van der Waals surface area contributed by atoms with Crippen molar-refractivity contribution >= 4 is 46.4 Å². The van der Waals surface area contributed by atoms with Gasteiger partial charge in [-0.05, 0) is 19.3 Å². The quantitative estimate of drug-likeness (QED) is 0.275. The van der Waals surface area contributed by atoms with E-state index in [1.807, 2.05) is 0 Å². The number of nitrogens with zero attached hydrogens (tertiary/aromatic N) is 4. The number of imidazole rings is 1. The molecular weight excluding hydrogens is 500 g/mol. The van der Waals surface area contributed by atoms with Crippen molar-refractivity contribution in [2.75, 3.05) is 11.5 Å². The maximum absolute atomic E-state index is 15.7. The summed E-state index contributed by atoms with van der Waals surface area (Å²) < 4.78 is 63.4. The van der Waals surface area contributed by atoms with Crippen LogP contribution < -0.4 is 11.5 Å². The lowest BCUT2D eigenvalue weighted by atomic mass is 9.96. The van der Waals surface area contributed by atoms with Gasteiger partial charge < -0.3 is 35.6 Å². The minimum absolute atomic E-state index is 0.0144. The summed E-state index contributed by atoms with van der Waals surface area (Å²) in [4.78, 5) is 47.9. The molecule has 20 heteroatoms. The van der Waals surface area contributed by atoms with Gasteiger partial charge >= 0.3 is 23.5 Å². The second-order valence-corrected chi connectivity index (χ2v) is 11.9. The molecule has 16 nitrogen and oxygen atoms in total. The maximum Gasteiger partial charge on any atom is 0.490 e. The van der Waals surface area contributed by atoms with E-state index in [1.165, 1.54) is 17.8 Å². The van der Waals surface area contributed by atoms with E-state index in [4.69, 9.17) is 25.8 Å². The van der Waals surface area contributed by atoms with Crippen molar-refractivity contribution in [3.8, 4) is 0 Å². The SMILES string of the molecule is C[C@@]1(F)C2C(OP(=O)(O)OP(=O)(O)OP(=O)(O)O)[C@H]2C[C@H]1n1cnc2c(N)nc(N)nc21. The Morgan fingerprint density at radius 3 is 2.38 bits per heavy atom. The number of phosphoric ester groups is 1. The summed E-state index contributed by atoms with van der Waals surface area (Å²) in [7, 11) is -16.5. The lowest BCUT2D eigenvalue weighted by molar-refractivity contribution is 0.0668. The summed E-state index contributed by atoms with van der Waals surface area (Å²) in [5, 5.41) is 0. The molecular formula is C12H18FN6O10P3. The first kappa shape index (κ1) is 23.6. The number of aromatic nitrogens is 4. The lowest BCUT2D eigenvalue weighted by Crippen LogP contribution is -2.33. The normalized spacial score (nSPS) is 33.6. The lowest BCUT2D eigenvalue weighted by Gasteiger charge is -2.29. The molecule has 0 radical (unpaired) electrons. The topological polar surface area (TPSA) is 255 Å². The van der Waals surface area contributed by atoms with E-state index in [2.05, 4.69) is 23.6 Å². The second kappa shape index (κ2) is 7.24. The summed E-state index contributed by atoms with van der Waals surface area (Å²) >= 11 is 0. The second-order valence-electron chi connectivity index (χ2n) is 7.54. The maximum atomic E-state index is 15.7. The Morgan fingerprint density at radius 2 is 1.81 bits per heavy atom. The summed E-state index contributed by atoms with van der Waals surface area (Å²) in [5.74, 6) is -1.62. The Labute approximate surface area is 178 Å². The highest BCUT2D eigenvalue weighted by atomic mass is 31.3.